The summed E-state index contributed by atoms with van der Waals surface area (Å²) in [6, 6.07) is 4.02. The predicted octanol–water partition coefficient (Wildman–Crippen LogP) is 3.38. The van der Waals surface area contributed by atoms with E-state index in [0.29, 0.717) is 10.6 Å². The molecule has 34 heavy (non-hydrogen) atoms. The Morgan fingerprint density at radius 3 is 2.56 bits per heavy atom. The highest BCUT2D eigenvalue weighted by Gasteiger charge is 2.35. The minimum absolute atomic E-state index is 0.0347. The Balaban J connectivity index is 1.41. The summed E-state index contributed by atoms with van der Waals surface area (Å²) in [4.78, 5) is 63.0. The van der Waals surface area contributed by atoms with Gasteiger partial charge in [0.15, 0.2) is 6.61 Å². The van der Waals surface area contributed by atoms with Gasteiger partial charge in [0, 0.05) is 6.54 Å². The molecule has 0 bridgehead atoms. The number of nitrogens with zero attached hydrogens (tertiary/aromatic N) is 1. The molecule has 4 rings (SSSR count). The zero-order valence-electron chi connectivity index (χ0n) is 18.4. The van der Waals surface area contributed by atoms with Crippen molar-refractivity contribution in [1.82, 2.24) is 4.90 Å². The van der Waals surface area contributed by atoms with E-state index in [1.807, 2.05) is 5.38 Å². The van der Waals surface area contributed by atoms with E-state index < -0.39 is 36.3 Å². The summed E-state index contributed by atoms with van der Waals surface area (Å²) in [6.07, 6.45) is 3.40. The molecule has 1 aromatic heterocycles. The summed E-state index contributed by atoms with van der Waals surface area (Å²) in [6.45, 7) is 4.91. The van der Waals surface area contributed by atoms with Gasteiger partial charge in [-0.25, -0.2) is 9.59 Å². The SMILES string of the molecule is C=CCN1C(=O)c2ccc(C(=O)OCC(=O)Nc3scc(C4CC4)c3C(=O)OCC)cc2C1=O. The molecule has 0 atom stereocenters. The van der Waals surface area contributed by atoms with Crippen LogP contribution in [0.2, 0.25) is 0 Å². The summed E-state index contributed by atoms with van der Waals surface area (Å²) in [5.41, 5.74) is 1.53. The van der Waals surface area contributed by atoms with Gasteiger partial charge in [-0.3, -0.25) is 19.3 Å². The molecule has 0 spiro atoms. The van der Waals surface area contributed by atoms with Crippen molar-refractivity contribution in [3.63, 3.8) is 0 Å². The van der Waals surface area contributed by atoms with Crippen molar-refractivity contribution in [2.45, 2.75) is 25.7 Å². The van der Waals surface area contributed by atoms with Crippen LogP contribution in [0.4, 0.5) is 5.00 Å². The predicted molar refractivity (Wildman–Crippen MR) is 123 cm³/mol. The molecule has 2 aliphatic rings. The smallest absolute Gasteiger partial charge is 0.341 e. The Labute approximate surface area is 199 Å². The fraction of sp³-hybridized carbons (Fsp3) is 0.292. The van der Waals surface area contributed by atoms with Crippen LogP contribution in [0.5, 0.6) is 0 Å². The third-order valence-electron chi connectivity index (χ3n) is 5.42. The van der Waals surface area contributed by atoms with Crippen LogP contribution >= 0.6 is 11.3 Å². The van der Waals surface area contributed by atoms with E-state index in [1.54, 1.807) is 6.92 Å². The maximum Gasteiger partial charge on any atom is 0.341 e. The number of nitrogens with one attached hydrogen (secondary N) is 1. The minimum atomic E-state index is -0.823. The van der Waals surface area contributed by atoms with Gasteiger partial charge in [0.05, 0.1) is 28.9 Å². The molecule has 1 aliphatic heterocycles. The van der Waals surface area contributed by atoms with Crippen molar-refractivity contribution in [1.29, 1.82) is 0 Å². The molecule has 1 N–H and O–H groups in total. The number of imide groups is 1. The number of amides is 3. The van der Waals surface area contributed by atoms with Gasteiger partial charge in [-0.2, -0.15) is 0 Å². The number of carbonyl (C=O) groups excluding carboxylic acids is 5. The van der Waals surface area contributed by atoms with Crippen LogP contribution in [0, 0.1) is 0 Å². The van der Waals surface area contributed by atoms with E-state index in [4.69, 9.17) is 9.47 Å². The van der Waals surface area contributed by atoms with Gasteiger partial charge in [-0.05, 0) is 54.8 Å². The van der Waals surface area contributed by atoms with E-state index in [-0.39, 0.29) is 35.8 Å². The van der Waals surface area contributed by atoms with Gasteiger partial charge in [0.25, 0.3) is 17.7 Å². The molecule has 3 amide bonds. The van der Waals surface area contributed by atoms with Gasteiger partial charge in [-0.15, -0.1) is 17.9 Å². The highest BCUT2D eigenvalue weighted by molar-refractivity contribution is 7.15. The third-order valence-corrected chi connectivity index (χ3v) is 6.34. The van der Waals surface area contributed by atoms with Crippen molar-refractivity contribution in [3.05, 3.63) is 64.1 Å². The van der Waals surface area contributed by atoms with Gasteiger partial charge < -0.3 is 14.8 Å². The zero-order chi connectivity index (χ0) is 24.4. The first-order chi connectivity index (χ1) is 16.3. The van der Waals surface area contributed by atoms with Crippen molar-refractivity contribution in [2.24, 2.45) is 0 Å². The van der Waals surface area contributed by atoms with Crippen molar-refractivity contribution >= 4 is 46.0 Å². The number of esters is 2. The van der Waals surface area contributed by atoms with Crippen LogP contribution < -0.4 is 5.32 Å². The van der Waals surface area contributed by atoms with E-state index in [2.05, 4.69) is 11.9 Å². The topological polar surface area (TPSA) is 119 Å². The standard InChI is InChI=1S/C24H22N2O7S/c1-3-9-26-21(28)15-8-7-14(10-16(15)22(26)29)23(30)33-11-18(27)25-20-19(24(31)32-4-2)17(12-34-20)13-5-6-13/h3,7-8,10,12-13H,1,4-6,9,11H2,2H3,(H,25,27). The van der Waals surface area contributed by atoms with E-state index in [0.717, 1.165) is 23.3 Å². The van der Waals surface area contributed by atoms with Crippen molar-refractivity contribution < 1.29 is 33.4 Å². The van der Waals surface area contributed by atoms with E-state index in [1.165, 1.54) is 35.6 Å². The molecule has 10 heteroatoms. The first-order valence-corrected chi connectivity index (χ1v) is 11.6. The van der Waals surface area contributed by atoms with Crippen molar-refractivity contribution in [3.8, 4) is 0 Å². The quantitative estimate of drug-likeness (QED) is 0.331. The van der Waals surface area contributed by atoms with Crippen LogP contribution in [-0.4, -0.2) is 54.3 Å². The molecule has 1 aromatic carbocycles. The second kappa shape index (κ2) is 9.60. The highest BCUT2D eigenvalue weighted by Crippen LogP contribution is 2.46. The molecule has 1 aliphatic carbocycles. The molecule has 9 nitrogen and oxygen atoms in total. The van der Waals surface area contributed by atoms with Gasteiger partial charge >= 0.3 is 11.9 Å². The second-order valence-corrected chi connectivity index (χ2v) is 8.66. The van der Waals surface area contributed by atoms with Crippen LogP contribution in [0.3, 0.4) is 0 Å². The van der Waals surface area contributed by atoms with Crippen LogP contribution in [-0.2, 0) is 14.3 Å². The summed E-state index contributed by atoms with van der Waals surface area (Å²) in [7, 11) is 0. The number of hydrogen-bond acceptors (Lipinski definition) is 8. The number of thiophene rings is 1. The number of fused-ring (bicyclic) bond motifs is 1. The summed E-state index contributed by atoms with van der Waals surface area (Å²) in [5, 5.41) is 4.81. The molecule has 2 heterocycles. The third kappa shape index (κ3) is 4.49. The zero-order valence-corrected chi connectivity index (χ0v) is 19.2. The fourth-order valence-electron chi connectivity index (χ4n) is 3.66. The van der Waals surface area contributed by atoms with Gasteiger partial charge in [-0.1, -0.05) is 6.08 Å². The largest absolute Gasteiger partial charge is 0.462 e. The summed E-state index contributed by atoms with van der Waals surface area (Å²) in [5.74, 6) is -2.64. The average molecular weight is 483 g/mol. The number of hydrogen-bond donors (Lipinski definition) is 1. The molecule has 1 saturated carbocycles. The number of ether oxygens (including phenoxy) is 2. The molecule has 0 saturated heterocycles. The first kappa shape index (κ1) is 23.4. The Kier molecular flexibility index (Phi) is 6.60. The van der Waals surface area contributed by atoms with E-state index in [9.17, 15) is 24.0 Å². The number of anilines is 1. The maximum absolute atomic E-state index is 12.5. The lowest BCUT2D eigenvalue weighted by molar-refractivity contribution is -0.119. The summed E-state index contributed by atoms with van der Waals surface area (Å²) < 4.78 is 10.2. The van der Waals surface area contributed by atoms with Crippen LogP contribution in [0.25, 0.3) is 0 Å². The average Bonchev–Trinajstić information content (AvgIpc) is 3.55. The monoisotopic (exact) mass is 482 g/mol. The molecule has 0 unspecified atom stereocenters. The second-order valence-electron chi connectivity index (χ2n) is 7.78. The molecular weight excluding hydrogens is 460 g/mol. The molecular formula is C24H22N2O7S. The molecule has 176 valence electrons. The normalized spacial score (nSPS) is 14.6. The van der Waals surface area contributed by atoms with Gasteiger partial charge in [0.2, 0.25) is 0 Å². The highest BCUT2D eigenvalue weighted by atomic mass is 32.1. The number of carbonyl (C=O) groups is 5. The van der Waals surface area contributed by atoms with E-state index >= 15 is 0 Å². The maximum atomic E-state index is 12.5. The lowest BCUT2D eigenvalue weighted by atomic mass is 10.1. The molecule has 2 aromatic rings. The summed E-state index contributed by atoms with van der Waals surface area (Å²) >= 11 is 1.22. The van der Waals surface area contributed by atoms with Crippen LogP contribution in [0.15, 0.2) is 36.2 Å². The minimum Gasteiger partial charge on any atom is -0.462 e. The van der Waals surface area contributed by atoms with Crippen LogP contribution in [0.1, 0.15) is 72.7 Å². The number of benzene rings is 1. The lowest BCUT2D eigenvalue weighted by Gasteiger charge is -2.09. The molecule has 1 fully saturated rings. The Morgan fingerprint density at radius 2 is 1.88 bits per heavy atom. The Hall–Kier alpha value is -3.79. The van der Waals surface area contributed by atoms with Gasteiger partial charge in [0.1, 0.15) is 5.00 Å². The lowest BCUT2D eigenvalue weighted by Crippen LogP contribution is -2.29. The van der Waals surface area contributed by atoms with Crippen molar-refractivity contribution in [2.75, 3.05) is 25.1 Å². The Bertz CT molecular complexity index is 1210. The molecule has 0 radical (unpaired) electrons. The fourth-order valence-corrected chi connectivity index (χ4v) is 4.71. The Morgan fingerprint density at radius 1 is 1.15 bits per heavy atom. The number of rotatable bonds is 9. The first-order valence-electron chi connectivity index (χ1n) is 10.7.